The Hall–Kier alpha value is -2.96. The summed E-state index contributed by atoms with van der Waals surface area (Å²) in [7, 11) is 1.55. The van der Waals surface area contributed by atoms with Gasteiger partial charge in [-0.05, 0) is 31.0 Å². The molecule has 1 unspecified atom stereocenters. The molecule has 0 aliphatic carbocycles. The van der Waals surface area contributed by atoms with Gasteiger partial charge in [0.25, 0.3) is 5.91 Å². The summed E-state index contributed by atoms with van der Waals surface area (Å²) in [6, 6.07) is 6.28. The van der Waals surface area contributed by atoms with E-state index in [-0.39, 0.29) is 17.4 Å². The number of benzene rings is 1. The maximum Gasteiger partial charge on any atom is 0.338 e. The van der Waals surface area contributed by atoms with Crippen LogP contribution in [-0.2, 0) is 0 Å². The van der Waals surface area contributed by atoms with Gasteiger partial charge in [0.15, 0.2) is 17.3 Å². The molecule has 1 aromatic heterocycles. The molecule has 0 saturated heterocycles. The molecule has 0 fully saturated rings. The number of methoxy groups -OCH3 is 1. The van der Waals surface area contributed by atoms with Gasteiger partial charge in [-0.3, -0.25) is 4.79 Å². The summed E-state index contributed by atoms with van der Waals surface area (Å²) in [5, 5.41) is 11.6. The number of furan rings is 1. The van der Waals surface area contributed by atoms with E-state index >= 15 is 0 Å². The van der Waals surface area contributed by atoms with Gasteiger partial charge in [0, 0.05) is 6.07 Å². The summed E-state index contributed by atoms with van der Waals surface area (Å²) >= 11 is 0. The minimum atomic E-state index is -1.15. The smallest absolute Gasteiger partial charge is 0.338 e. The van der Waals surface area contributed by atoms with Crippen molar-refractivity contribution in [1.29, 1.82) is 0 Å². The number of carboxylic acid groups (broad SMARTS) is 1. The maximum atomic E-state index is 12.2. The summed E-state index contributed by atoms with van der Waals surface area (Å²) in [6.07, 6.45) is 1.92. The third-order valence-corrected chi connectivity index (χ3v) is 3.57. The topological polar surface area (TPSA) is 98.0 Å². The molecule has 2 rings (SSSR count). The fraction of sp³-hybridized carbons (Fsp3) is 0.333. The van der Waals surface area contributed by atoms with Crippen LogP contribution in [0.3, 0.4) is 0 Å². The van der Waals surface area contributed by atoms with Gasteiger partial charge in [0.1, 0.15) is 6.26 Å². The fourth-order valence-electron chi connectivity index (χ4n) is 2.20. The van der Waals surface area contributed by atoms with Crippen LogP contribution < -0.4 is 14.8 Å². The summed E-state index contributed by atoms with van der Waals surface area (Å²) in [5.41, 5.74) is 0.746. The quantitative estimate of drug-likeness (QED) is 0.760. The van der Waals surface area contributed by atoms with E-state index in [1.165, 1.54) is 6.07 Å². The van der Waals surface area contributed by atoms with Crippen molar-refractivity contribution in [3.63, 3.8) is 0 Å². The van der Waals surface area contributed by atoms with Gasteiger partial charge in [-0.15, -0.1) is 0 Å². The Balaban J connectivity index is 2.09. The largest absolute Gasteiger partial charge is 0.493 e. The second kappa shape index (κ2) is 8.23. The van der Waals surface area contributed by atoms with E-state index < -0.39 is 11.9 Å². The number of carbonyl (C=O) groups excluding carboxylic acids is 1. The number of ether oxygens (including phenoxy) is 2. The molecule has 0 saturated carbocycles. The van der Waals surface area contributed by atoms with Crippen LogP contribution in [0.25, 0.3) is 0 Å². The highest BCUT2D eigenvalue weighted by Gasteiger charge is 2.18. The summed E-state index contributed by atoms with van der Waals surface area (Å²) in [4.78, 5) is 23.0. The Morgan fingerprint density at radius 2 is 2.04 bits per heavy atom. The standard InChI is InChI=1S/C18H21NO6/c1-4-7-24-14-6-5-12(8-15(14)23-3)11(2)19-17(20)16-9-13(10-25-16)18(21)22/h5-6,8-11H,4,7H2,1-3H3,(H,19,20)(H,21,22). The van der Waals surface area contributed by atoms with Crippen LogP contribution in [0.5, 0.6) is 11.5 Å². The van der Waals surface area contributed by atoms with Gasteiger partial charge in [0.2, 0.25) is 0 Å². The van der Waals surface area contributed by atoms with Crippen molar-refractivity contribution in [2.24, 2.45) is 0 Å². The molecule has 0 spiro atoms. The molecular formula is C18H21NO6. The van der Waals surface area contributed by atoms with Crippen LogP contribution in [0, 0.1) is 0 Å². The van der Waals surface area contributed by atoms with Crippen molar-refractivity contribution in [2.45, 2.75) is 26.3 Å². The molecule has 0 aliphatic rings. The Morgan fingerprint density at radius 1 is 1.28 bits per heavy atom. The van der Waals surface area contributed by atoms with Gasteiger partial charge < -0.3 is 24.3 Å². The van der Waals surface area contributed by atoms with E-state index in [1.54, 1.807) is 26.2 Å². The first-order valence-electron chi connectivity index (χ1n) is 7.89. The number of amides is 1. The Bertz CT molecular complexity index is 752. The van der Waals surface area contributed by atoms with E-state index in [4.69, 9.17) is 19.0 Å². The summed E-state index contributed by atoms with van der Waals surface area (Å²) in [6.45, 7) is 4.41. The first kappa shape index (κ1) is 18.4. The SMILES string of the molecule is CCCOc1ccc(C(C)NC(=O)c2cc(C(=O)O)co2)cc1OC. The Kier molecular flexibility index (Phi) is 6.05. The second-order valence-electron chi connectivity index (χ2n) is 5.46. The lowest BCUT2D eigenvalue weighted by Gasteiger charge is -2.16. The van der Waals surface area contributed by atoms with Crippen LogP contribution in [0.2, 0.25) is 0 Å². The van der Waals surface area contributed by atoms with Gasteiger partial charge in [-0.1, -0.05) is 13.0 Å². The van der Waals surface area contributed by atoms with Crippen LogP contribution in [0.15, 0.2) is 34.9 Å². The lowest BCUT2D eigenvalue weighted by molar-refractivity contribution is 0.0695. The first-order chi connectivity index (χ1) is 12.0. The third-order valence-electron chi connectivity index (χ3n) is 3.57. The normalized spacial score (nSPS) is 11.6. The molecule has 1 atom stereocenters. The van der Waals surface area contributed by atoms with Crippen molar-refractivity contribution in [3.8, 4) is 11.5 Å². The molecule has 7 nitrogen and oxygen atoms in total. The second-order valence-corrected chi connectivity index (χ2v) is 5.46. The lowest BCUT2D eigenvalue weighted by atomic mass is 10.1. The molecule has 2 aromatic rings. The van der Waals surface area contributed by atoms with Crippen molar-refractivity contribution in [3.05, 3.63) is 47.4 Å². The molecule has 25 heavy (non-hydrogen) atoms. The molecule has 1 aromatic carbocycles. The van der Waals surface area contributed by atoms with Gasteiger partial charge in [0.05, 0.1) is 25.3 Å². The zero-order chi connectivity index (χ0) is 18.4. The highest BCUT2D eigenvalue weighted by Crippen LogP contribution is 2.30. The number of hydrogen-bond donors (Lipinski definition) is 2. The number of carbonyl (C=O) groups is 2. The molecule has 2 N–H and O–H groups in total. The van der Waals surface area contributed by atoms with E-state index in [9.17, 15) is 9.59 Å². The van der Waals surface area contributed by atoms with E-state index in [0.717, 1.165) is 18.2 Å². The number of aromatic carboxylic acids is 1. The maximum absolute atomic E-state index is 12.2. The highest BCUT2D eigenvalue weighted by atomic mass is 16.5. The average Bonchev–Trinajstić information content (AvgIpc) is 3.10. The Morgan fingerprint density at radius 3 is 2.64 bits per heavy atom. The highest BCUT2D eigenvalue weighted by molar-refractivity contribution is 5.95. The van der Waals surface area contributed by atoms with Crippen LogP contribution >= 0.6 is 0 Å². The zero-order valence-electron chi connectivity index (χ0n) is 14.4. The van der Waals surface area contributed by atoms with Gasteiger partial charge in [-0.2, -0.15) is 0 Å². The predicted octanol–water partition coefficient (Wildman–Crippen LogP) is 3.27. The van der Waals surface area contributed by atoms with E-state index in [0.29, 0.717) is 18.1 Å². The number of nitrogens with one attached hydrogen (secondary N) is 1. The molecule has 7 heteroatoms. The van der Waals surface area contributed by atoms with Gasteiger partial charge >= 0.3 is 5.97 Å². The van der Waals surface area contributed by atoms with E-state index in [2.05, 4.69) is 5.32 Å². The van der Waals surface area contributed by atoms with Crippen molar-refractivity contribution >= 4 is 11.9 Å². The molecule has 0 aliphatic heterocycles. The molecule has 0 radical (unpaired) electrons. The Labute approximate surface area is 145 Å². The van der Waals surface area contributed by atoms with Crippen LogP contribution in [0.4, 0.5) is 0 Å². The van der Waals surface area contributed by atoms with Crippen molar-refractivity contribution in [2.75, 3.05) is 13.7 Å². The molecular weight excluding hydrogens is 326 g/mol. The lowest BCUT2D eigenvalue weighted by Crippen LogP contribution is -2.26. The summed E-state index contributed by atoms with van der Waals surface area (Å²) in [5.74, 6) is -0.477. The average molecular weight is 347 g/mol. The molecule has 0 bridgehead atoms. The zero-order valence-corrected chi connectivity index (χ0v) is 14.4. The van der Waals surface area contributed by atoms with Gasteiger partial charge in [-0.25, -0.2) is 4.79 Å². The minimum Gasteiger partial charge on any atom is -0.493 e. The molecule has 134 valence electrons. The van der Waals surface area contributed by atoms with Crippen LogP contribution in [-0.4, -0.2) is 30.7 Å². The number of rotatable bonds is 8. The van der Waals surface area contributed by atoms with Crippen molar-refractivity contribution in [1.82, 2.24) is 5.32 Å². The number of carboxylic acids is 1. The minimum absolute atomic E-state index is 0.0564. The van der Waals surface area contributed by atoms with Crippen LogP contribution in [0.1, 0.15) is 52.8 Å². The molecule has 1 heterocycles. The fourth-order valence-corrected chi connectivity index (χ4v) is 2.20. The number of hydrogen-bond acceptors (Lipinski definition) is 5. The molecule has 1 amide bonds. The first-order valence-corrected chi connectivity index (χ1v) is 7.89. The monoisotopic (exact) mass is 347 g/mol. The van der Waals surface area contributed by atoms with Crippen molar-refractivity contribution < 1.29 is 28.6 Å². The third kappa shape index (κ3) is 4.53. The van der Waals surface area contributed by atoms with E-state index in [1.807, 2.05) is 13.0 Å². The predicted molar refractivity (Wildman–Crippen MR) is 90.3 cm³/mol. The summed E-state index contributed by atoms with van der Waals surface area (Å²) < 4.78 is 15.9.